The molecule has 1 amide bonds. The van der Waals surface area contributed by atoms with Crippen molar-refractivity contribution in [1.82, 2.24) is 9.55 Å². The van der Waals surface area contributed by atoms with Gasteiger partial charge in [0.2, 0.25) is 5.91 Å². The Morgan fingerprint density at radius 3 is 2.56 bits per heavy atom. The highest BCUT2D eigenvalue weighted by molar-refractivity contribution is 6.76. The Balaban J connectivity index is 1.70. The Morgan fingerprint density at radius 2 is 1.88 bits per heavy atom. The van der Waals surface area contributed by atoms with Crippen LogP contribution in [0, 0.1) is 5.92 Å². The number of aromatic nitrogens is 2. The van der Waals surface area contributed by atoms with Crippen LogP contribution in [0.1, 0.15) is 12.8 Å². The highest BCUT2D eigenvalue weighted by atomic mass is 28.3. The molecule has 0 spiro atoms. The number of amides is 1. The number of benzene rings is 1. The van der Waals surface area contributed by atoms with Crippen LogP contribution in [-0.2, 0) is 16.3 Å². The maximum atomic E-state index is 13.0. The first-order chi connectivity index (χ1) is 16.0. The van der Waals surface area contributed by atoms with Gasteiger partial charge in [-0.25, -0.2) is 4.98 Å². The number of nitrogens with zero attached hydrogens (tertiary/aromatic N) is 2. The fourth-order valence-electron chi connectivity index (χ4n) is 3.56. The first kappa shape index (κ1) is 24.3. The Bertz CT molecular complexity index is 1180. The van der Waals surface area contributed by atoms with Crippen molar-refractivity contribution in [2.24, 2.45) is 5.92 Å². The SMILES string of the molecule is C[Si](C)(C)CCOCn1cc(-c2ccccc2OC(F)(F)F)c2ccc(NC(=O)C3CC3)nc21. The van der Waals surface area contributed by atoms with Gasteiger partial charge >= 0.3 is 6.36 Å². The van der Waals surface area contributed by atoms with Gasteiger partial charge in [0.05, 0.1) is 0 Å². The highest BCUT2D eigenvalue weighted by Gasteiger charge is 2.33. The lowest BCUT2D eigenvalue weighted by atomic mass is 10.0. The maximum Gasteiger partial charge on any atom is 0.573 e. The molecule has 1 aromatic carbocycles. The van der Waals surface area contributed by atoms with E-state index < -0.39 is 14.4 Å². The molecule has 0 unspecified atom stereocenters. The normalized spacial score (nSPS) is 14.4. The van der Waals surface area contributed by atoms with Crippen LogP contribution >= 0.6 is 0 Å². The van der Waals surface area contributed by atoms with Gasteiger partial charge in [-0.15, -0.1) is 13.2 Å². The van der Waals surface area contributed by atoms with Crippen LogP contribution in [0.4, 0.5) is 19.0 Å². The number of halogens is 3. The minimum absolute atomic E-state index is 0.0242. The number of nitrogens with one attached hydrogen (secondary N) is 1. The van der Waals surface area contributed by atoms with E-state index in [1.54, 1.807) is 35.0 Å². The molecular weight excluding hydrogens is 463 g/mol. The predicted octanol–water partition coefficient (Wildman–Crippen LogP) is 6.26. The second kappa shape index (κ2) is 9.42. The summed E-state index contributed by atoms with van der Waals surface area (Å²) in [6, 6.07) is 10.4. The van der Waals surface area contributed by atoms with Crippen LogP contribution in [0.25, 0.3) is 22.2 Å². The van der Waals surface area contributed by atoms with E-state index in [9.17, 15) is 18.0 Å². The number of hydrogen-bond donors (Lipinski definition) is 1. The van der Waals surface area contributed by atoms with E-state index in [4.69, 9.17) is 4.74 Å². The summed E-state index contributed by atoms with van der Waals surface area (Å²) in [5.74, 6) is 0.0636. The monoisotopic (exact) mass is 491 g/mol. The van der Waals surface area contributed by atoms with E-state index in [2.05, 4.69) is 34.7 Å². The Labute approximate surface area is 197 Å². The van der Waals surface area contributed by atoms with Crippen LogP contribution in [0.15, 0.2) is 42.6 Å². The van der Waals surface area contributed by atoms with Gasteiger partial charge in [-0.05, 0) is 37.1 Å². The van der Waals surface area contributed by atoms with Crippen LogP contribution in [0.3, 0.4) is 0 Å². The lowest BCUT2D eigenvalue weighted by Crippen LogP contribution is -2.22. The number of para-hydroxylation sites is 1. The molecule has 1 aliphatic carbocycles. The zero-order valence-corrected chi connectivity index (χ0v) is 20.4. The van der Waals surface area contributed by atoms with E-state index in [0.717, 1.165) is 18.9 Å². The molecule has 0 radical (unpaired) electrons. The molecule has 3 aromatic rings. The van der Waals surface area contributed by atoms with Crippen molar-refractivity contribution in [3.63, 3.8) is 0 Å². The van der Waals surface area contributed by atoms with Gasteiger partial charge in [0.25, 0.3) is 0 Å². The molecule has 2 heterocycles. The van der Waals surface area contributed by atoms with Gasteiger partial charge in [-0.3, -0.25) is 4.79 Å². The van der Waals surface area contributed by atoms with Crippen LogP contribution < -0.4 is 10.1 Å². The minimum Gasteiger partial charge on any atom is -0.405 e. The summed E-state index contributed by atoms with van der Waals surface area (Å²) in [6.45, 7) is 7.54. The third-order valence-corrected chi connectivity index (χ3v) is 7.26. The number of rotatable bonds is 9. The highest BCUT2D eigenvalue weighted by Crippen LogP contribution is 2.38. The standard InChI is InChI=1S/C24H28F3N3O3Si/c1-34(2,3)13-12-32-15-30-14-19(17-6-4-5-7-20(17)33-24(25,26)27)18-10-11-21(28-22(18)30)29-23(31)16-8-9-16/h4-7,10-11,14,16H,8-9,12-13,15H2,1-3H3,(H,28,29,31). The van der Waals surface area contributed by atoms with E-state index in [1.165, 1.54) is 12.1 Å². The quantitative estimate of drug-likeness (QED) is 0.283. The van der Waals surface area contributed by atoms with Gasteiger partial charge in [0.1, 0.15) is 23.9 Å². The van der Waals surface area contributed by atoms with Crippen molar-refractivity contribution in [3.05, 3.63) is 42.6 Å². The van der Waals surface area contributed by atoms with Crippen LogP contribution in [-0.4, -0.2) is 36.5 Å². The van der Waals surface area contributed by atoms with Crippen molar-refractivity contribution in [2.75, 3.05) is 11.9 Å². The van der Waals surface area contributed by atoms with E-state index in [0.29, 0.717) is 34.6 Å². The van der Waals surface area contributed by atoms with Crippen molar-refractivity contribution in [3.8, 4) is 16.9 Å². The molecule has 0 saturated heterocycles. The molecule has 182 valence electrons. The lowest BCUT2D eigenvalue weighted by Gasteiger charge is -2.15. The summed E-state index contributed by atoms with van der Waals surface area (Å²) >= 11 is 0. The minimum atomic E-state index is -4.81. The van der Waals surface area contributed by atoms with E-state index >= 15 is 0 Å². The number of carbonyl (C=O) groups is 1. The van der Waals surface area contributed by atoms with Gasteiger partial charge in [0.15, 0.2) is 0 Å². The van der Waals surface area contributed by atoms with Crippen molar-refractivity contribution in [2.45, 2.75) is 51.6 Å². The average molecular weight is 492 g/mol. The Morgan fingerprint density at radius 1 is 1.15 bits per heavy atom. The molecule has 2 aromatic heterocycles. The largest absolute Gasteiger partial charge is 0.573 e. The first-order valence-electron chi connectivity index (χ1n) is 11.2. The maximum absolute atomic E-state index is 13.0. The van der Waals surface area contributed by atoms with E-state index in [1.807, 2.05) is 0 Å². The Kier molecular flexibility index (Phi) is 6.72. The number of fused-ring (bicyclic) bond motifs is 1. The molecule has 1 saturated carbocycles. The van der Waals surface area contributed by atoms with Gasteiger partial charge in [0, 0.05) is 43.3 Å². The molecule has 1 aliphatic rings. The second-order valence-electron chi connectivity index (χ2n) is 9.74. The lowest BCUT2D eigenvalue weighted by molar-refractivity contribution is -0.274. The molecule has 1 N–H and O–H groups in total. The summed E-state index contributed by atoms with van der Waals surface area (Å²) < 4.78 is 50.9. The van der Waals surface area contributed by atoms with Crippen LogP contribution in [0.2, 0.25) is 25.7 Å². The summed E-state index contributed by atoms with van der Waals surface area (Å²) in [7, 11) is -1.28. The van der Waals surface area contributed by atoms with Crippen LogP contribution in [0.5, 0.6) is 5.75 Å². The van der Waals surface area contributed by atoms with E-state index in [-0.39, 0.29) is 24.3 Å². The first-order valence-corrected chi connectivity index (χ1v) is 14.9. The number of ether oxygens (including phenoxy) is 2. The third kappa shape index (κ3) is 6.18. The molecule has 0 bridgehead atoms. The molecule has 1 fully saturated rings. The van der Waals surface area contributed by atoms with Gasteiger partial charge in [-0.1, -0.05) is 37.8 Å². The zero-order valence-electron chi connectivity index (χ0n) is 19.4. The summed E-state index contributed by atoms with van der Waals surface area (Å²) in [5.41, 5.74) is 1.34. The Hall–Kier alpha value is -2.85. The van der Waals surface area contributed by atoms with Crippen molar-refractivity contribution in [1.29, 1.82) is 0 Å². The molecule has 0 atom stereocenters. The molecule has 4 rings (SSSR count). The summed E-state index contributed by atoms with van der Waals surface area (Å²) in [5, 5.41) is 3.47. The molecule has 34 heavy (non-hydrogen) atoms. The number of hydrogen-bond acceptors (Lipinski definition) is 4. The fourth-order valence-corrected chi connectivity index (χ4v) is 4.32. The summed E-state index contributed by atoms with van der Waals surface area (Å²) in [6.07, 6.45) is -1.35. The van der Waals surface area contributed by atoms with Gasteiger partial charge in [-0.2, -0.15) is 0 Å². The van der Waals surface area contributed by atoms with Gasteiger partial charge < -0.3 is 19.4 Å². The van der Waals surface area contributed by atoms with Crippen molar-refractivity contribution < 1.29 is 27.4 Å². The number of pyridine rings is 1. The predicted molar refractivity (Wildman–Crippen MR) is 127 cm³/mol. The number of carbonyl (C=O) groups excluding carboxylic acids is 1. The molecule has 10 heteroatoms. The number of alkyl halides is 3. The summed E-state index contributed by atoms with van der Waals surface area (Å²) in [4.78, 5) is 16.8. The average Bonchev–Trinajstić information content (AvgIpc) is 3.53. The molecular formula is C24H28F3N3O3Si. The molecule has 6 nitrogen and oxygen atoms in total. The fraction of sp³-hybridized carbons (Fsp3) is 0.417. The number of anilines is 1. The molecule has 0 aliphatic heterocycles. The second-order valence-corrected chi connectivity index (χ2v) is 15.4. The van der Waals surface area contributed by atoms with Crippen molar-refractivity contribution >= 4 is 30.8 Å². The topological polar surface area (TPSA) is 65.4 Å². The smallest absolute Gasteiger partial charge is 0.405 e. The zero-order chi connectivity index (χ0) is 24.5. The third-order valence-electron chi connectivity index (χ3n) is 5.55.